The summed E-state index contributed by atoms with van der Waals surface area (Å²) in [6.45, 7) is 1.37. The minimum absolute atomic E-state index is 0.00496. The SMILES string of the molecule is CC[C@@H](CO)NC(=O)c1coc(COc2cccc(C(F)(F)F)c2)n1. The second-order valence-electron chi connectivity index (χ2n) is 5.20. The lowest BCUT2D eigenvalue weighted by molar-refractivity contribution is -0.137. The summed E-state index contributed by atoms with van der Waals surface area (Å²) in [5, 5.41) is 11.6. The molecule has 0 radical (unpaired) electrons. The van der Waals surface area contributed by atoms with E-state index < -0.39 is 23.7 Å². The van der Waals surface area contributed by atoms with Gasteiger partial charge in [0.1, 0.15) is 12.0 Å². The molecular formula is C16H17F3N2O4. The number of rotatable bonds is 7. The highest BCUT2D eigenvalue weighted by Crippen LogP contribution is 2.31. The summed E-state index contributed by atoms with van der Waals surface area (Å²) in [5.41, 5.74) is -0.832. The number of amides is 1. The average molecular weight is 358 g/mol. The van der Waals surface area contributed by atoms with Gasteiger partial charge in [0.15, 0.2) is 12.3 Å². The Kier molecular flexibility index (Phi) is 6.02. The lowest BCUT2D eigenvalue weighted by Gasteiger charge is -2.12. The summed E-state index contributed by atoms with van der Waals surface area (Å²) >= 11 is 0. The standard InChI is InChI=1S/C16H17F3N2O4/c1-2-11(7-22)20-15(23)13-8-25-14(21-13)9-24-12-5-3-4-10(6-12)16(17,18)19/h3-6,8,11,22H,2,7,9H2,1H3,(H,20,23)/t11-/m0/s1. The van der Waals surface area contributed by atoms with Crippen molar-refractivity contribution in [1.82, 2.24) is 10.3 Å². The smallest absolute Gasteiger partial charge is 0.416 e. The predicted octanol–water partition coefficient (Wildman–Crippen LogP) is 2.77. The number of aromatic nitrogens is 1. The number of carbonyl (C=O) groups excluding carboxylic acids is 1. The molecule has 0 spiro atoms. The predicted molar refractivity (Wildman–Crippen MR) is 80.9 cm³/mol. The Bertz CT molecular complexity index is 711. The first-order valence-electron chi connectivity index (χ1n) is 7.49. The number of halogens is 3. The van der Waals surface area contributed by atoms with Gasteiger partial charge in [-0.2, -0.15) is 13.2 Å². The van der Waals surface area contributed by atoms with Crippen molar-refractivity contribution < 1.29 is 32.2 Å². The molecule has 0 fully saturated rings. The maximum absolute atomic E-state index is 12.6. The van der Waals surface area contributed by atoms with E-state index in [0.29, 0.717) is 6.42 Å². The van der Waals surface area contributed by atoms with Crippen LogP contribution in [0.25, 0.3) is 0 Å². The molecule has 6 nitrogen and oxygen atoms in total. The molecule has 2 aromatic rings. The Morgan fingerprint density at radius 3 is 2.84 bits per heavy atom. The van der Waals surface area contributed by atoms with Gasteiger partial charge in [0.2, 0.25) is 5.89 Å². The third kappa shape index (κ3) is 5.21. The fourth-order valence-electron chi connectivity index (χ4n) is 1.92. The summed E-state index contributed by atoms with van der Waals surface area (Å²) in [7, 11) is 0. The second kappa shape index (κ2) is 8.02. The van der Waals surface area contributed by atoms with Gasteiger partial charge < -0.3 is 19.6 Å². The van der Waals surface area contributed by atoms with Crippen molar-refractivity contribution in [1.29, 1.82) is 0 Å². The maximum Gasteiger partial charge on any atom is 0.416 e. The van der Waals surface area contributed by atoms with Crippen LogP contribution in [-0.2, 0) is 12.8 Å². The average Bonchev–Trinajstić information content (AvgIpc) is 3.06. The molecule has 1 aromatic heterocycles. The highest BCUT2D eigenvalue weighted by atomic mass is 19.4. The molecule has 1 heterocycles. The fraction of sp³-hybridized carbons (Fsp3) is 0.375. The molecular weight excluding hydrogens is 341 g/mol. The topological polar surface area (TPSA) is 84.6 Å². The van der Waals surface area contributed by atoms with Gasteiger partial charge >= 0.3 is 6.18 Å². The van der Waals surface area contributed by atoms with Crippen molar-refractivity contribution in [2.24, 2.45) is 0 Å². The first-order valence-corrected chi connectivity index (χ1v) is 7.49. The fourth-order valence-corrected chi connectivity index (χ4v) is 1.92. The van der Waals surface area contributed by atoms with Crippen molar-refractivity contribution in [3.63, 3.8) is 0 Å². The van der Waals surface area contributed by atoms with E-state index in [-0.39, 0.29) is 30.5 Å². The first-order chi connectivity index (χ1) is 11.8. The van der Waals surface area contributed by atoms with E-state index in [1.807, 2.05) is 0 Å². The number of nitrogens with zero attached hydrogens (tertiary/aromatic N) is 1. The van der Waals surface area contributed by atoms with Gasteiger partial charge in [-0.1, -0.05) is 13.0 Å². The van der Waals surface area contributed by atoms with Crippen molar-refractivity contribution in [2.45, 2.75) is 32.2 Å². The van der Waals surface area contributed by atoms with E-state index in [9.17, 15) is 18.0 Å². The molecule has 2 rings (SSSR count). The summed E-state index contributed by atoms with van der Waals surface area (Å²) < 4.78 is 48.2. The third-order valence-corrected chi connectivity index (χ3v) is 3.36. The van der Waals surface area contributed by atoms with Gasteiger partial charge in [-0.15, -0.1) is 0 Å². The molecule has 0 saturated heterocycles. The number of aliphatic hydroxyl groups excluding tert-OH is 1. The number of nitrogens with one attached hydrogen (secondary N) is 1. The number of carbonyl (C=O) groups is 1. The molecule has 0 aliphatic carbocycles. The lowest BCUT2D eigenvalue weighted by atomic mass is 10.2. The minimum Gasteiger partial charge on any atom is -0.484 e. The van der Waals surface area contributed by atoms with Crippen LogP contribution >= 0.6 is 0 Å². The number of ether oxygens (including phenoxy) is 1. The largest absolute Gasteiger partial charge is 0.484 e. The van der Waals surface area contributed by atoms with E-state index in [2.05, 4.69) is 10.3 Å². The molecule has 25 heavy (non-hydrogen) atoms. The Hall–Kier alpha value is -2.55. The molecule has 0 unspecified atom stereocenters. The molecule has 0 aliphatic heterocycles. The Morgan fingerprint density at radius 2 is 2.20 bits per heavy atom. The van der Waals surface area contributed by atoms with Crippen LogP contribution in [0, 0.1) is 0 Å². The monoisotopic (exact) mass is 358 g/mol. The Morgan fingerprint density at radius 1 is 1.44 bits per heavy atom. The highest BCUT2D eigenvalue weighted by Gasteiger charge is 2.30. The molecule has 2 N–H and O–H groups in total. The van der Waals surface area contributed by atoms with Crippen LogP contribution in [0.4, 0.5) is 13.2 Å². The lowest BCUT2D eigenvalue weighted by Crippen LogP contribution is -2.37. The molecule has 1 amide bonds. The van der Waals surface area contributed by atoms with Gasteiger partial charge in [0, 0.05) is 0 Å². The van der Waals surface area contributed by atoms with Crippen molar-refractivity contribution in [2.75, 3.05) is 6.61 Å². The maximum atomic E-state index is 12.6. The van der Waals surface area contributed by atoms with Gasteiger partial charge in [-0.05, 0) is 24.6 Å². The van der Waals surface area contributed by atoms with Crippen LogP contribution in [0.2, 0.25) is 0 Å². The zero-order valence-corrected chi connectivity index (χ0v) is 13.3. The van der Waals surface area contributed by atoms with E-state index in [0.717, 1.165) is 18.4 Å². The molecule has 136 valence electrons. The van der Waals surface area contributed by atoms with Crippen molar-refractivity contribution >= 4 is 5.91 Å². The van der Waals surface area contributed by atoms with Gasteiger partial charge in [0.05, 0.1) is 18.2 Å². The number of benzene rings is 1. The zero-order chi connectivity index (χ0) is 18.4. The van der Waals surface area contributed by atoms with Gasteiger partial charge in [-0.3, -0.25) is 4.79 Å². The van der Waals surface area contributed by atoms with Crippen LogP contribution in [0.5, 0.6) is 5.75 Å². The molecule has 0 aliphatic rings. The summed E-state index contributed by atoms with van der Waals surface area (Å²) in [5.74, 6) is -0.472. The van der Waals surface area contributed by atoms with Crippen LogP contribution in [0.3, 0.4) is 0 Å². The number of aliphatic hydroxyl groups is 1. The molecule has 1 atom stereocenters. The molecule has 0 saturated carbocycles. The normalized spacial score (nSPS) is 12.7. The van der Waals surface area contributed by atoms with Crippen LogP contribution < -0.4 is 10.1 Å². The number of hydrogen-bond acceptors (Lipinski definition) is 5. The summed E-state index contributed by atoms with van der Waals surface area (Å²) in [4.78, 5) is 15.8. The molecule has 0 bridgehead atoms. The van der Waals surface area contributed by atoms with Gasteiger partial charge in [0.25, 0.3) is 5.91 Å². The Balaban J connectivity index is 1.97. The third-order valence-electron chi connectivity index (χ3n) is 3.36. The van der Waals surface area contributed by atoms with E-state index >= 15 is 0 Å². The Labute approximate surface area is 141 Å². The summed E-state index contributed by atoms with van der Waals surface area (Å²) in [6, 6.07) is 4.01. The quantitative estimate of drug-likeness (QED) is 0.795. The first kappa shape index (κ1) is 18.8. The second-order valence-corrected chi connectivity index (χ2v) is 5.20. The van der Waals surface area contributed by atoms with Gasteiger partial charge in [-0.25, -0.2) is 4.98 Å². The van der Waals surface area contributed by atoms with Crippen molar-refractivity contribution in [3.8, 4) is 5.75 Å². The zero-order valence-electron chi connectivity index (χ0n) is 13.3. The van der Waals surface area contributed by atoms with E-state index in [4.69, 9.17) is 14.3 Å². The summed E-state index contributed by atoms with van der Waals surface area (Å²) in [6.07, 6.45) is -2.80. The number of oxazole rings is 1. The van der Waals surface area contributed by atoms with E-state index in [1.165, 1.54) is 12.1 Å². The highest BCUT2D eigenvalue weighted by molar-refractivity contribution is 5.92. The number of hydrogen-bond donors (Lipinski definition) is 2. The molecule has 1 aromatic carbocycles. The van der Waals surface area contributed by atoms with Crippen LogP contribution in [0.1, 0.15) is 35.3 Å². The van der Waals surface area contributed by atoms with E-state index in [1.54, 1.807) is 6.92 Å². The number of alkyl halides is 3. The van der Waals surface area contributed by atoms with Crippen LogP contribution in [0.15, 0.2) is 34.9 Å². The minimum atomic E-state index is -4.46. The van der Waals surface area contributed by atoms with Crippen LogP contribution in [-0.4, -0.2) is 28.6 Å². The van der Waals surface area contributed by atoms with Crippen molar-refractivity contribution in [3.05, 3.63) is 47.7 Å². The molecule has 9 heteroatoms.